The second-order valence-corrected chi connectivity index (χ2v) is 5.10. The summed E-state index contributed by atoms with van der Waals surface area (Å²) in [5.41, 5.74) is 2.06. The summed E-state index contributed by atoms with van der Waals surface area (Å²) in [4.78, 5) is 16.2. The Morgan fingerprint density at radius 3 is 2.83 bits per heavy atom. The van der Waals surface area contributed by atoms with Crippen LogP contribution in [0.3, 0.4) is 0 Å². The number of hydrogen-bond donors (Lipinski definition) is 3. The first-order valence-corrected chi connectivity index (χ1v) is 7.47. The van der Waals surface area contributed by atoms with Crippen LogP contribution < -0.4 is 10.6 Å². The Bertz CT molecular complexity index is 774. The quantitative estimate of drug-likeness (QED) is 0.315. The molecule has 0 saturated carbocycles. The van der Waals surface area contributed by atoms with Gasteiger partial charge in [0.15, 0.2) is 5.96 Å². The lowest BCUT2D eigenvalue weighted by molar-refractivity contribution is 0.671. The molecule has 3 rings (SSSR count). The van der Waals surface area contributed by atoms with E-state index in [2.05, 4.69) is 35.7 Å². The number of halogens is 1. The molecular formula is C15H21IN8. The fraction of sp³-hybridized carbons (Fsp3) is 0.333. The maximum absolute atomic E-state index is 4.56. The molecule has 0 amide bonds. The van der Waals surface area contributed by atoms with Crippen LogP contribution in [-0.2, 0) is 20.0 Å². The van der Waals surface area contributed by atoms with Gasteiger partial charge in [0.1, 0.15) is 18.0 Å². The van der Waals surface area contributed by atoms with Crippen LogP contribution in [0.1, 0.15) is 11.6 Å². The molecule has 24 heavy (non-hydrogen) atoms. The summed E-state index contributed by atoms with van der Waals surface area (Å²) in [5.74, 6) is 2.54. The Hall–Kier alpha value is -2.17. The molecule has 1 aromatic carbocycles. The van der Waals surface area contributed by atoms with Gasteiger partial charge in [-0.2, -0.15) is 5.10 Å². The highest BCUT2D eigenvalue weighted by Crippen LogP contribution is 2.10. The number of aliphatic imine (C=N–C) groups is 1. The molecule has 0 aliphatic heterocycles. The molecular weight excluding hydrogens is 419 g/mol. The van der Waals surface area contributed by atoms with E-state index in [9.17, 15) is 0 Å². The van der Waals surface area contributed by atoms with Crippen LogP contribution in [0.2, 0.25) is 0 Å². The molecule has 0 radical (unpaired) electrons. The highest BCUT2D eigenvalue weighted by molar-refractivity contribution is 14.0. The summed E-state index contributed by atoms with van der Waals surface area (Å²) >= 11 is 0. The van der Waals surface area contributed by atoms with Gasteiger partial charge in [-0.1, -0.05) is 12.1 Å². The fourth-order valence-electron chi connectivity index (χ4n) is 2.29. The number of imidazole rings is 1. The SMILES string of the molecule is CN=C(NCCc1nc2ccccc2[nH]1)NCc1ncnn1C.I. The van der Waals surface area contributed by atoms with Crippen LogP contribution in [-0.4, -0.2) is 44.3 Å². The van der Waals surface area contributed by atoms with Crippen LogP contribution in [0.25, 0.3) is 11.0 Å². The minimum Gasteiger partial charge on any atom is -0.356 e. The Morgan fingerprint density at radius 1 is 1.29 bits per heavy atom. The summed E-state index contributed by atoms with van der Waals surface area (Å²) in [5, 5.41) is 10.5. The van der Waals surface area contributed by atoms with Crippen molar-refractivity contribution in [1.29, 1.82) is 0 Å². The van der Waals surface area contributed by atoms with Gasteiger partial charge in [-0.3, -0.25) is 9.67 Å². The minimum absolute atomic E-state index is 0. The number of hydrogen-bond acceptors (Lipinski definition) is 4. The predicted octanol–water partition coefficient (Wildman–Crippen LogP) is 1.22. The Morgan fingerprint density at radius 2 is 2.12 bits per heavy atom. The zero-order valence-electron chi connectivity index (χ0n) is 13.7. The highest BCUT2D eigenvalue weighted by Gasteiger charge is 2.04. The summed E-state index contributed by atoms with van der Waals surface area (Å²) in [6, 6.07) is 8.02. The monoisotopic (exact) mass is 440 g/mol. The van der Waals surface area contributed by atoms with E-state index in [1.807, 2.05) is 31.3 Å². The summed E-state index contributed by atoms with van der Waals surface area (Å²) < 4.78 is 1.73. The van der Waals surface area contributed by atoms with E-state index in [0.29, 0.717) is 6.54 Å². The van der Waals surface area contributed by atoms with Crippen molar-refractivity contribution in [1.82, 2.24) is 35.4 Å². The Kier molecular flexibility index (Phi) is 6.53. The van der Waals surface area contributed by atoms with Gasteiger partial charge in [0, 0.05) is 27.1 Å². The van der Waals surface area contributed by atoms with Gasteiger partial charge < -0.3 is 15.6 Å². The molecule has 128 valence electrons. The normalized spacial score (nSPS) is 11.3. The number of nitrogens with zero attached hydrogens (tertiary/aromatic N) is 5. The van der Waals surface area contributed by atoms with Gasteiger partial charge in [0.2, 0.25) is 0 Å². The molecule has 0 atom stereocenters. The van der Waals surface area contributed by atoms with Gasteiger partial charge in [0.25, 0.3) is 0 Å². The molecule has 0 aliphatic carbocycles. The Labute approximate surface area is 157 Å². The molecule has 3 aromatic rings. The van der Waals surface area contributed by atoms with Crippen LogP contribution >= 0.6 is 24.0 Å². The van der Waals surface area contributed by atoms with Crippen molar-refractivity contribution in [3.8, 4) is 0 Å². The zero-order valence-corrected chi connectivity index (χ0v) is 16.0. The molecule has 0 aliphatic rings. The maximum Gasteiger partial charge on any atom is 0.191 e. The molecule has 2 aromatic heterocycles. The standard InChI is InChI=1S/C15H20N8.HI/c1-16-15(18-9-14-19-10-20-23(14)2)17-8-7-13-21-11-5-3-4-6-12(11)22-13;/h3-6,10H,7-9H2,1-2H3,(H,21,22)(H2,16,17,18);1H. The van der Waals surface area contributed by atoms with Crippen molar-refractivity contribution >= 4 is 41.0 Å². The van der Waals surface area contributed by atoms with Gasteiger partial charge in [-0.25, -0.2) is 9.97 Å². The summed E-state index contributed by atoms with van der Waals surface area (Å²) in [6.07, 6.45) is 2.33. The Balaban J connectivity index is 0.00000208. The van der Waals surface area contributed by atoms with Crippen LogP contribution in [0.5, 0.6) is 0 Å². The molecule has 9 heteroatoms. The second kappa shape index (κ2) is 8.62. The number of benzene rings is 1. The molecule has 0 fully saturated rings. The van der Waals surface area contributed by atoms with Crippen molar-refractivity contribution in [3.05, 3.63) is 42.2 Å². The smallest absolute Gasteiger partial charge is 0.191 e. The topological polar surface area (TPSA) is 95.8 Å². The second-order valence-electron chi connectivity index (χ2n) is 5.10. The van der Waals surface area contributed by atoms with Crippen molar-refractivity contribution in [2.75, 3.05) is 13.6 Å². The molecule has 2 heterocycles. The van der Waals surface area contributed by atoms with Gasteiger partial charge >= 0.3 is 0 Å². The van der Waals surface area contributed by atoms with E-state index in [1.54, 1.807) is 11.7 Å². The first-order chi connectivity index (χ1) is 11.3. The van der Waals surface area contributed by atoms with Crippen molar-refractivity contribution in [2.24, 2.45) is 12.0 Å². The average molecular weight is 440 g/mol. The molecule has 0 spiro atoms. The summed E-state index contributed by atoms with van der Waals surface area (Å²) in [6.45, 7) is 1.30. The fourth-order valence-corrected chi connectivity index (χ4v) is 2.29. The van der Waals surface area contributed by atoms with E-state index < -0.39 is 0 Å². The number of aryl methyl sites for hydroxylation is 1. The number of para-hydroxylation sites is 2. The third-order valence-electron chi connectivity index (χ3n) is 3.54. The van der Waals surface area contributed by atoms with E-state index in [0.717, 1.165) is 41.6 Å². The zero-order chi connectivity index (χ0) is 16.1. The van der Waals surface area contributed by atoms with Gasteiger partial charge in [-0.15, -0.1) is 24.0 Å². The number of aromatic amines is 1. The van der Waals surface area contributed by atoms with E-state index in [-0.39, 0.29) is 24.0 Å². The molecule has 3 N–H and O–H groups in total. The summed E-state index contributed by atoms with van der Waals surface area (Å²) in [7, 11) is 3.61. The van der Waals surface area contributed by atoms with Crippen molar-refractivity contribution < 1.29 is 0 Å². The number of fused-ring (bicyclic) bond motifs is 1. The third-order valence-corrected chi connectivity index (χ3v) is 3.54. The number of nitrogens with one attached hydrogen (secondary N) is 3. The van der Waals surface area contributed by atoms with Crippen LogP contribution in [0, 0.1) is 0 Å². The number of guanidine groups is 1. The highest BCUT2D eigenvalue weighted by atomic mass is 127. The lowest BCUT2D eigenvalue weighted by atomic mass is 10.3. The van der Waals surface area contributed by atoms with Crippen LogP contribution in [0.4, 0.5) is 0 Å². The largest absolute Gasteiger partial charge is 0.356 e. The molecule has 8 nitrogen and oxygen atoms in total. The van der Waals surface area contributed by atoms with Crippen molar-refractivity contribution in [2.45, 2.75) is 13.0 Å². The van der Waals surface area contributed by atoms with Crippen LogP contribution in [0.15, 0.2) is 35.6 Å². The van der Waals surface area contributed by atoms with Crippen molar-refractivity contribution in [3.63, 3.8) is 0 Å². The molecule has 0 saturated heterocycles. The maximum atomic E-state index is 4.56. The van der Waals surface area contributed by atoms with Gasteiger partial charge in [-0.05, 0) is 12.1 Å². The third kappa shape index (κ3) is 4.43. The predicted molar refractivity (Wildman–Crippen MR) is 104 cm³/mol. The van der Waals surface area contributed by atoms with E-state index >= 15 is 0 Å². The van der Waals surface area contributed by atoms with E-state index in [1.165, 1.54) is 6.33 Å². The molecule has 0 unspecified atom stereocenters. The lowest BCUT2D eigenvalue weighted by Crippen LogP contribution is -2.38. The average Bonchev–Trinajstić information content (AvgIpc) is 3.16. The minimum atomic E-state index is 0. The van der Waals surface area contributed by atoms with Gasteiger partial charge in [0.05, 0.1) is 17.6 Å². The first kappa shape index (κ1) is 18.2. The number of H-pyrrole nitrogens is 1. The number of rotatable bonds is 5. The number of aromatic nitrogens is 5. The molecule has 0 bridgehead atoms. The lowest BCUT2D eigenvalue weighted by Gasteiger charge is -2.10. The van der Waals surface area contributed by atoms with E-state index in [4.69, 9.17) is 0 Å². The first-order valence-electron chi connectivity index (χ1n) is 7.47.